The molecule has 5 heterocycles. The number of hydrogen-bond donors (Lipinski definition) is 0. The summed E-state index contributed by atoms with van der Waals surface area (Å²) in [5.74, 6) is 0.641. The molecule has 0 spiro atoms. The van der Waals surface area contributed by atoms with Gasteiger partial charge in [-0.15, -0.1) is 22.7 Å². The van der Waals surface area contributed by atoms with E-state index in [1.54, 1.807) is 0 Å². The van der Waals surface area contributed by atoms with E-state index in [2.05, 4.69) is 4.99 Å². The van der Waals surface area contributed by atoms with Crippen molar-refractivity contribution in [3.63, 3.8) is 0 Å². The second kappa shape index (κ2) is 3.22. The van der Waals surface area contributed by atoms with Gasteiger partial charge in [0.05, 0.1) is 6.20 Å². The summed E-state index contributed by atoms with van der Waals surface area (Å²) in [5, 5.41) is 2.19. The summed E-state index contributed by atoms with van der Waals surface area (Å²) in [7, 11) is 0. The first-order valence-corrected chi connectivity index (χ1v) is 7.61. The number of aromatic nitrogens is 1. The van der Waals surface area contributed by atoms with Gasteiger partial charge >= 0.3 is 16.8 Å². The average molecular weight is 308 g/mol. The SMILES string of the molecule is F[N+]1(F)n2cc3ccsc3c2N=C2c3sccc3C=[N+]21. The first kappa shape index (κ1) is 10.8. The molecule has 0 aromatic carbocycles. The smallest absolute Gasteiger partial charge is 0.137 e. The van der Waals surface area contributed by atoms with Gasteiger partial charge in [0.25, 0.3) is 0 Å². The Hall–Kier alpha value is -1.90. The zero-order chi connectivity index (χ0) is 13.5. The quantitative estimate of drug-likeness (QED) is 0.448. The lowest BCUT2D eigenvalue weighted by atomic mass is 10.3. The summed E-state index contributed by atoms with van der Waals surface area (Å²) in [4.78, 5) is 5.27. The van der Waals surface area contributed by atoms with Crippen LogP contribution in [0.25, 0.3) is 10.1 Å². The van der Waals surface area contributed by atoms with Crippen LogP contribution in [0.2, 0.25) is 0 Å². The van der Waals surface area contributed by atoms with Gasteiger partial charge in [-0.1, -0.05) is 0 Å². The van der Waals surface area contributed by atoms with E-state index in [0.29, 0.717) is 11.7 Å². The van der Waals surface area contributed by atoms with Crippen LogP contribution in [-0.2, 0) is 0 Å². The normalized spacial score (nSPS) is 18.5. The highest BCUT2D eigenvalue weighted by Gasteiger charge is 2.57. The molecule has 0 radical (unpaired) electrons. The van der Waals surface area contributed by atoms with Gasteiger partial charge in [-0.25, -0.2) is 0 Å². The third kappa shape index (κ3) is 1.09. The van der Waals surface area contributed by atoms with Gasteiger partial charge in [-0.05, 0) is 32.6 Å². The molecule has 98 valence electrons. The van der Waals surface area contributed by atoms with Crippen LogP contribution in [0.3, 0.4) is 0 Å². The lowest BCUT2D eigenvalue weighted by molar-refractivity contribution is -0.733. The maximum absolute atomic E-state index is 14.6. The topological polar surface area (TPSA) is 20.3 Å². The van der Waals surface area contributed by atoms with Crippen LogP contribution in [0.1, 0.15) is 10.4 Å². The monoisotopic (exact) mass is 308 g/mol. The lowest BCUT2D eigenvalue weighted by Gasteiger charge is -2.13. The average Bonchev–Trinajstić information content (AvgIpc) is 3.10. The predicted octanol–water partition coefficient (Wildman–Crippen LogP) is 3.42. The molecule has 0 N–H and O–H groups in total. The van der Waals surface area contributed by atoms with E-state index in [0.717, 1.165) is 29.9 Å². The Morgan fingerprint density at radius 1 is 1.20 bits per heavy atom. The zero-order valence-corrected chi connectivity index (χ0v) is 11.5. The highest BCUT2D eigenvalue weighted by atomic mass is 32.1. The largest absolute Gasteiger partial charge is 0.403 e. The summed E-state index contributed by atoms with van der Waals surface area (Å²) in [6, 6.07) is 3.66. The molecule has 3 aromatic rings. The molecule has 0 bridgehead atoms. The van der Waals surface area contributed by atoms with Crippen molar-refractivity contribution >= 4 is 50.6 Å². The Kier molecular flexibility index (Phi) is 1.74. The number of amidine groups is 1. The maximum atomic E-state index is 14.6. The lowest BCUT2D eigenvalue weighted by Crippen LogP contribution is -2.54. The van der Waals surface area contributed by atoms with Crippen LogP contribution in [0.5, 0.6) is 0 Å². The second-order valence-corrected chi connectivity index (χ2v) is 6.40. The van der Waals surface area contributed by atoms with Crippen LogP contribution in [-0.4, -0.2) is 21.4 Å². The van der Waals surface area contributed by atoms with Gasteiger partial charge in [0.15, 0.2) is 6.21 Å². The molecule has 0 aliphatic carbocycles. The number of hydrogen-bond acceptors (Lipinski definition) is 3. The van der Waals surface area contributed by atoms with Gasteiger partial charge in [-0.3, -0.25) is 0 Å². The molecule has 0 amide bonds. The summed E-state index contributed by atoms with van der Waals surface area (Å²) >= 11 is 2.86. The molecular formula is C12H6F2N4S2+2. The van der Waals surface area contributed by atoms with E-state index >= 15 is 0 Å². The minimum absolute atomic E-state index is 0.320. The van der Waals surface area contributed by atoms with Crippen molar-refractivity contribution in [2.45, 2.75) is 0 Å². The van der Waals surface area contributed by atoms with Crippen molar-refractivity contribution in [2.24, 2.45) is 4.99 Å². The Labute approximate surface area is 119 Å². The molecule has 2 aliphatic heterocycles. The van der Waals surface area contributed by atoms with Gasteiger partial charge in [0.1, 0.15) is 18.5 Å². The van der Waals surface area contributed by atoms with Crippen molar-refractivity contribution < 1.29 is 13.6 Å². The minimum atomic E-state index is -2.38. The van der Waals surface area contributed by atoms with E-state index in [9.17, 15) is 8.96 Å². The first-order valence-electron chi connectivity index (χ1n) is 5.85. The third-order valence-corrected chi connectivity index (χ3v) is 5.34. The summed E-state index contributed by atoms with van der Waals surface area (Å²) in [6.07, 6.45) is 2.89. The number of thiophene rings is 2. The molecule has 4 nitrogen and oxygen atoms in total. The van der Waals surface area contributed by atoms with Crippen molar-refractivity contribution in [1.82, 2.24) is 9.82 Å². The first-order chi connectivity index (χ1) is 9.66. The van der Waals surface area contributed by atoms with E-state index in [-0.39, 0.29) is 0 Å². The number of nitrogens with zero attached hydrogens (tertiary/aromatic N) is 4. The van der Waals surface area contributed by atoms with Gasteiger partial charge in [-0.2, -0.15) is 0 Å². The Balaban J connectivity index is 1.92. The van der Waals surface area contributed by atoms with Crippen LogP contribution in [0, 0.1) is 0 Å². The Bertz CT molecular complexity index is 944. The second-order valence-electron chi connectivity index (χ2n) is 4.57. The van der Waals surface area contributed by atoms with E-state index in [4.69, 9.17) is 0 Å². The Morgan fingerprint density at radius 3 is 2.95 bits per heavy atom. The molecule has 5 rings (SSSR count). The van der Waals surface area contributed by atoms with Gasteiger partial charge in [0.2, 0.25) is 0 Å². The Morgan fingerprint density at radius 2 is 2.05 bits per heavy atom. The fraction of sp³-hybridized carbons (Fsp3) is 0. The van der Waals surface area contributed by atoms with E-state index < -0.39 is 5.15 Å². The maximum Gasteiger partial charge on any atom is 0.403 e. The van der Waals surface area contributed by atoms with E-state index in [1.807, 2.05) is 22.9 Å². The predicted molar refractivity (Wildman–Crippen MR) is 75.5 cm³/mol. The highest BCUT2D eigenvalue weighted by Crippen LogP contribution is 2.40. The van der Waals surface area contributed by atoms with Crippen molar-refractivity contribution in [2.75, 3.05) is 0 Å². The molecule has 0 saturated carbocycles. The van der Waals surface area contributed by atoms with Crippen LogP contribution in [0.4, 0.5) is 14.8 Å². The molecule has 0 atom stereocenters. The summed E-state index contributed by atoms with van der Waals surface area (Å²) in [5.41, 5.74) is 0.791. The molecule has 0 fully saturated rings. The van der Waals surface area contributed by atoms with Crippen molar-refractivity contribution in [3.05, 3.63) is 39.5 Å². The van der Waals surface area contributed by atoms with Crippen LogP contribution < -0.4 is 5.15 Å². The molecule has 3 aromatic heterocycles. The number of halogens is 2. The number of quaternary nitrogens is 1. The van der Waals surface area contributed by atoms with Gasteiger partial charge < -0.3 is 0 Å². The van der Waals surface area contributed by atoms with E-state index in [1.165, 1.54) is 35.1 Å². The zero-order valence-electron chi connectivity index (χ0n) is 9.83. The van der Waals surface area contributed by atoms with Crippen LogP contribution in [0.15, 0.2) is 34.1 Å². The molecular weight excluding hydrogens is 302 g/mol. The summed E-state index contributed by atoms with van der Waals surface area (Å²) < 4.78 is 31.9. The summed E-state index contributed by atoms with van der Waals surface area (Å²) in [6.45, 7) is 0. The number of rotatable bonds is 0. The number of aliphatic imine (C=N–C) groups is 1. The molecule has 20 heavy (non-hydrogen) atoms. The fourth-order valence-corrected chi connectivity index (χ4v) is 4.28. The van der Waals surface area contributed by atoms with Crippen LogP contribution >= 0.6 is 22.7 Å². The molecule has 0 saturated heterocycles. The van der Waals surface area contributed by atoms with Gasteiger partial charge in [0, 0.05) is 15.6 Å². The van der Waals surface area contributed by atoms with Crippen molar-refractivity contribution in [1.29, 1.82) is 0 Å². The minimum Gasteiger partial charge on any atom is -0.137 e. The molecule has 0 unspecified atom stereocenters. The molecule has 8 heteroatoms. The highest BCUT2D eigenvalue weighted by molar-refractivity contribution is 7.17. The van der Waals surface area contributed by atoms with Crippen molar-refractivity contribution in [3.8, 4) is 0 Å². The number of fused-ring (bicyclic) bond motifs is 6. The standard InChI is InChI=1S/C12H6F2N4S2/c13-18(14)16-5-7-1-3-19-9(7)11(16)15-12-10-8(2-4-20-10)6-17(12)18/h1-6H/q+2. The molecule has 2 aliphatic rings. The fourth-order valence-electron chi connectivity index (χ4n) is 2.57. The third-order valence-electron chi connectivity index (χ3n) is 3.48.